The molecular formula is C15H23NO3. The fourth-order valence-corrected chi connectivity index (χ4v) is 2.68. The lowest BCUT2D eigenvalue weighted by molar-refractivity contribution is 0.0207. The maximum Gasteiger partial charge on any atom is 0.123 e. The maximum atomic E-state index is 10.1. The molecule has 1 aliphatic rings. The monoisotopic (exact) mass is 265 g/mol. The summed E-state index contributed by atoms with van der Waals surface area (Å²) in [5, 5.41) is 19.6. The normalized spacial score (nSPS) is 20.7. The van der Waals surface area contributed by atoms with Gasteiger partial charge < -0.3 is 14.9 Å². The van der Waals surface area contributed by atoms with Crippen molar-refractivity contribution in [2.75, 3.05) is 20.2 Å². The van der Waals surface area contributed by atoms with E-state index >= 15 is 0 Å². The van der Waals surface area contributed by atoms with Crippen molar-refractivity contribution in [1.29, 1.82) is 0 Å². The van der Waals surface area contributed by atoms with Crippen LogP contribution in [0.5, 0.6) is 11.5 Å². The van der Waals surface area contributed by atoms with Gasteiger partial charge in [-0.25, -0.2) is 0 Å². The molecule has 2 N–H and O–H groups in total. The van der Waals surface area contributed by atoms with Crippen molar-refractivity contribution in [2.45, 2.75) is 32.4 Å². The first-order valence-corrected chi connectivity index (χ1v) is 6.71. The van der Waals surface area contributed by atoms with Crippen molar-refractivity contribution in [3.05, 3.63) is 23.8 Å². The van der Waals surface area contributed by atoms with Crippen LogP contribution in [0.2, 0.25) is 0 Å². The van der Waals surface area contributed by atoms with Gasteiger partial charge in [0.2, 0.25) is 0 Å². The maximum absolute atomic E-state index is 10.1. The Bertz CT molecular complexity index is 440. The predicted octanol–water partition coefficient (Wildman–Crippen LogP) is 1.99. The molecule has 0 radical (unpaired) electrons. The van der Waals surface area contributed by atoms with Crippen LogP contribution in [0.15, 0.2) is 18.2 Å². The second-order valence-electron chi connectivity index (χ2n) is 5.87. The zero-order valence-electron chi connectivity index (χ0n) is 11.9. The molecule has 0 aliphatic carbocycles. The van der Waals surface area contributed by atoms with Crippen LogP contribution >= 0.6 is 0 Å². The Morgan fingerprint density at radius 2 is 2.16 bits per heavy atom. The zero-order valence-corrected chi connectivity index (χ0v) is 11.9. The molecule has 0 unspecified atom stereocenters. The number of rotatable bonds is 4. The smallest absolute Gasteiger partial charge is 0.123 e. The summed E-state index contributed by atoms with van der Waals surface area (Å²) in [5.41, 5.74) is 0.358. The number of phenols is 1. The number of aliphatic hydroxyl groups is 1. The van der Waals surface area contributed by atoms with Gasteiger partial charge >= 0.3 is 0 Å². The molecule has 0 bridgehead atoms. The van der Waals surface area contributed by atoms with Gasteiger partial charge in [0.1, 0.15) is 11.5 Å². The molecule has 0 amide bonds. The van der Waals surface area contributed by atoms with Crippen LogP contribution in [0.3, 0.4) is 0 Å². The number of ether oxygens (including phenoxy) is 1. The Morgan fingerprint density at radius 3 is 2.74 bits per heavy atom. The number of likely N-dealkylation sites (tertiary alicyclic amines) is 1. The van der Waals surface area contributed by atoms with E-state index in [-0.39, 0.29) is 5.75 Å². The Hall–Kier alpha value is -1.26. The van der Waals surface area contributed by atoms with Gasteiger partial charge in [0.15, 0.2) is 0 Å². The van der Waals surface area contributed by atoms with Crippen molar-refractivity contribution in [2.24, 2.45) is 5.92 Å². The second kappa shape index (κ2) is 5.39. The van der Waals surface area contributed by atoms with E-state index < -0.39 is 5.60 Å². The van der Waals surface area contributed by atoms with Crippen molar-refractivity contribution >= 4 is 0 Å². The summed E-state index contributed by atoms with van der Waals surface area (Å²) in [4.78, 5) is 2.29. The highest BCUT2D eigenvalue weighted by Gasteiger charge is 2.33. The van der Waals surface area contributed by atoms with Gasteiger partial charge in [-0.3, -0.25) is 4.90 Å². The van der Waals surface area contributed by atoms with Crippen molar-refractivity contribution in [1.82, 2.24) is 4.90 Å². The fourth-order valence-electron chi connectivity index (χ4n) is 2.68. The molecule has 4 nitrogen and oxygen atoms in total. The molecule has 1 atom stereocenters. The average molecular weight is 265 g/mol. The Labute approximate surface area is 114 Å². The van der Waals surface area contributed by atoms with Crippen LogP contribution < -0.4 is 4.74 Å². The molecule has 0 saturated carbocycles. The zero-order chi connectivity index (χ0) is 14.0. The van der Waals surface area contributed by atoms with Gasteiger partial charge in [-0.1, -0.05) is 0 Å². The van der Waals surface area contributed by atoms with E-state index in [0.717, 1.165) is 37.4 Å². The summed E-state index contributed by atoms with van der Waals surface area (Å²) >= 11 is 0. The molecule has 1 aliphatic heterocycles. The van der Waals surface area contributed by atoms with Crippen LogP contribution in [0.1, 0.15) is 25.8 Å². The third kappa shape index (κ3) is 3.39. The highest BCUT2D eigenvalue weighted by molar-refractivity contribution is 5.39. The molecule has 0 aromatic heterocycles. The molecule has 4 heteroatoms. The van der Waals surface area contributed by atoms with Crippen LogP contribution in [-0.4, -0.2) is 40.9 Å². The number of hydrogen-bond donors (Lipinski definition) is 2. The van der Waals surface area contributed by atoms with Crippen molar-refractivity contribution in [3.8, 4) is 11.5 Å². The van der Waals surface area contributed by atoms with Gasteiger partial charge in [0.25, 0.3) is 0 Å². The molecule has 1 saturated heterocycles. The van der Waals surface area contributed by atoms with Gasteiger partial charge in [-0.2, -0.15) is 0 Å². The minimum Gasteiger partial charge on any atom is -0.508 e. The average Bonchev–Trinajstić information content (AvgIpc) is 2.77. The molecule has 2 rings (SSSR count). The first-order valence-electron chi connectivity index (χ1n) is 6.71. The van der Waals surface area contributed by atoms with Gasteiger partial charge in [-0.05, 0) is 45.0 Å². The summed E-state index contributed by atoms with van der Waals surface area (Å²) in [6.07, 6.45) is 1.00. The molecule has 1 fully saturated rings. The summed E-state index contributed by atoms with van der Waals surface area (Å²) in [7, 11) is 1.64. The van der Waals surface area contributed by atoms with E-state index in [4.69, 9.17) is 4.74 Å². The Morgan fingerprint density at radius 1 is 1.42 bits per heavy atom. The predicted molar refractivity (Wildman–Crippen MR) is 74.3 cm³/mol. The summed E-state index contributed by atoms with van der Waals surface area (Å²) in [6, 6.07) is 5.16. The molecule has 1 aromatic rings. The van der Waals surface area contributed by atoms with Crippen LogP contribution in [0, 0.1) is 5.92 Å². The van der Waals surface area contributed by atoms with Crippen molar-refractivity contribution < 1.29 is 14.9 Å². The molecule has 106 valence electrons. The summed E-state index contributed by atoms with van der Waals surface area (Å²) in [5.74, 6) is 1.36. The minimum absolute atomic E-state index is 0.258. The largest absolute Gasteiger partial charge is 0.508 e. The van der Waals surface area contributed by atoms with E-state index in [0.29, 0.717) is 5.92 Å². The van der Waals surface area contributed by atoms with Gasteiger partial charge in [0.05, 0.1) is 12.7 Å². The lowest BCUT2D eigenvalue weighted by Gasteiger charge is -2.26. The van der Waals surface area contributed by atoms with E-state index in [1.807, 2.05) is 13.8 Å². The lowest BCUT2D eigenvalue weighted by Crippen LogP contribution is -2.33. The molecular weight excluding hydrogens is 242 g/mol. The molecule has 1 heterocycles. The fraction of sp³-hybridized carbons (Fsp3) is 0.600. The third-order valence-corrected chi connectivity index (χ3v) is 3.93. The molecule has 19 heavy (non-hydrogen) atoms. The number of aromatic hydroxyl groups is 1. The Balaban J connectivity index is 2.05. The van der Waals surface area contributed by atoms with E-state index in [2.05, 4.69) is 4.90 Å². The quantitative estimate of drug-likeness (QED) is 0.874. The number of nitrogens with zero attached hydrogens (tertiary/aromatic N) is 1. The topological polar surface area (TPSA) is 52.9 Å². The van der Waals surface area contributed by atoms with Crippen LogP contribution in [0.4, 0.5) is 0 Å². The summed E-state index contributed by atoms with van der Waals surface area (Å²) < 4.78 is 5.32. The number of phenolic OH excluding ortho intramolecular Hbond substituents is 1. The first-order chi connectivity index (χ1) is 8.90. The van der Waals surface area contributed by atoms with E-state index in [1.54, 1.807) is 25.3 Å². The minimum atomic E-state index is -0.627. The van der Waals surface area contributed by atoms with Gasteiger partial charge in [-0.15, -0.1) is 0 Å². The van der Waals surface area contributed by atoms with Crippen LogP contribution in [0.25, 0.3) is 0 Å². The lowest BCUT2D eigenvalue weighted by atomic mass is 9.90. The molecule has 1 aromatic carbocycles. The second-order valence-corrected chi connectivity index (χ2v) is 5.87. The summed E-state index contributed by atoms with van der Waals surface area (Å²) in [6.45, 7) is 6.33. The highest BCUT2D eigenvalue weighted by atomic mass is 16.5. The number of benzene rings is 1. The van der Waals surface area contributed by atoms with E-state index in [1.165, 1.54) is 0 Å². The Kier molecular flexibility index (Phi) is 4.02. The van der Waals surface area contributed by atoms with Gasteiger partial charge in [0, 0.05) is 24.6 Å². The van der Waals surface area contributed by atoms with Crippen LogP contribution in [-0.2, 0) is 6.54 Å². The number of methoxy groups -OCH3 is 1. The van der Waals surface area contributed by atoms with Crippen molar-refractivity contribution in [3.63, 3.8) is 0 Å². The SMILES string of the molecule is COc1ccc(O)cc1CN1CC[C@H](C(C)(C)O)C1. The third-order valence-electron chi connectivity index (χ3n) is 3.93. The number of hydrogen-bond acceptors (Lipinski definition) is 4. The first kappa shape index (κ1) is 14.2. The highest BCUT2D eigenvalue weighted by Crippen LogP contribution is 2.30. The van der Waals surface area contributed by atoms with E-state index in [9.17, 15) is 10.2 Å². The molecule has 0 spiro atoms. The standard InChI is InChI=1S/C15H23NO3/c1-15(2,18)12-6-7-16(10-12)9-11-8-13(17)4-5-14(11)19-3/h4-5,8,12,17-18H,6-7,9-10H2,1-3H3/t12-/m0/s1.